The molecule has 0 bridgehead atoms. The first kappa shape index (κ1) is 18.9. The summed E-state index contributed by atoms with van der Waals surface area (Å²) in [6.07, 6.45) is 1.54. The van der Waals surface area contributed by atoms with E-state index in [9.17, 15) is 19.4 Å². The number of nitrogens with zero attached hydrogens (tertiary/aromatic N) is 3. The van der Waals surface area contributed by atoms with Gasteiger partial charge in [-0.25, -0.2) is 14.4 Å². The molecule has 0 atom stereocenters. The van der Waals surface area contributed by atoms with Crippen molar-refractivity contribution in [2.45, 2.75) is 19.4 Å². The molecule has 3 N–H and O–H groups in total. The second-order valence-corrected chi connectivity index (χ2v) is 7.14. The number of amides is 1. The van der Waals surface area contributed by atoms with Gasteiger partial charge in [0.15, 0.2) is 17.3 Å². The first-order valence-electron chi connectivity index (χ1n) is 8.78. The molecule has 29 heavy (non-hydrogen) atoms. The minimum absolute atomic E-state index is 0.0532. The molecule has 9 nitrogen and oxygen atoms in total. The van der Waals surface area contributed by atoms with Crippen molar-refractivity contribution in [3.05, 3.63) is 24.1 Å². The zero-order chi connectivity index (χ0) is 20.9. The number of nitrogens with one attached hydrogen (secondary N) is 1. The second-order valence-electron chi connectivity index (χ2n) is 7.14. The number of carbonyl (C=O) groups is 1. The van der Waals surface area contributed by atoms with E-state index in [1.54, 1.807) is 10.6 Å². The molecule has 10 heteroatoms. The molecule has 0 spiro atoms. The molecule has 0 radical (unpaired) electrons. The molecule has 1 aliphatic heterocycles. The highest BCUT2D eigenvalue weighted by Crippen LogP contribution is 2.44. The zero-order valence-corrected chi connectivity index (χ0v) is 16.0. The summed E-state index contributed by atoms with van der Waals surface area (Å²) < 4.78 is 27.1. The summed E-state index contributed by atoms with van der Waals surface area (Å²) in [5.74, 6) is -2.51. The number of methoxy groups -OCH3 is 1. The van der Waals surface area contributed by atoms with E-state index in [1.807, 2.05) is 6.92 Å². The van der Waals surface area contributed by atoms with E-state index in [2.05, 4.69) is 15.3 Å². The number of rotatable bonds is 4. The van der Waals surface area contributed by atoms with Crippen molar-refractivity contribution in [2.75, 3.05) is 25.6 Å². The van der Waals surface area contributed by atoms with Gasteiger partial charge in [-0.2, -0.15) is 0 Å². The number of carbonyl (C=O) groups excluding carboxylic acids is 1. The fraction of sp³-hybridized carbons (Fsp3) is 0.316. The molecule has 1 saturated heterocycles. The minimum atomic E-state index is -1.03. The van der Waals surface area contributed by atoms with Crippen molar-refractivity contribution in [3.8, 4) is 28.6 Å². The number of hydrogen-bond donors (Lipinski definition) is 3. The van der Waals surface area contributed by atoms with Crippen molar-refractivity contribution >= 4 is 22.8 Å². The lowest BCUT2D eigenvalue weighted by molar-refractivity contribution is -0.114. The molecule has 1 amide bonds. The molecule has 3 heterocycles. The summed E-state index contributed by atoms with van der Waals surface area (Å²) in [5.41, 5.74) is 0.500. The van der Waals surface area contributed by atoms with E-state index in [0.29, 0.717) is 30.1 Å². The predicted octanol–water partition coefficient (Wildman–Crippen LogP) is 2.36. The number of pyridine rings is 1. The van der Waals surface area contributed by atoms with Gasteiger partial charge in [-0.3, -0.25) is 4.79 Å². The first-order chi connectivity index (χ1) is 13.7. The number of aromatic hydroxyl groups is 2. The van der Waals surface area contributed by atoms with Crippen LogP contribution in [0.2, 0.25) is 0 Å². The first-order valence-corrected chi connectivity index (χ1v) is 8.78. The number of imidazole rings is 1. The Hall–Kier alpha value is -3.40. The Morgan fingerprint density at radius 3 is 2.66 bits per heavy atom. The number of benzene rings is 1. The number of ether oxygens (including phenoxy) is 2. The third-order valence-electron chi connectivity index (χ3n) is 4.85. The van der Waals surface area contributed by atoms with Gasteiger partial charge in [0.05, 0.1) is 48.7 Å². The highest BCUT2D eigenvalue weighted by Gasteiger charge is 2.39. The fourth-order valence-corrected chi connectivity index (χ4v) is 3.41. The van der Waals surface area contributed by atoms with Gasteiger partial charge in [0.1, 0.15) is 11.6 Å². The molecule has 0 saturated carbocycles. The normalized spacial score (nSPS) is 15.2. The van der Waals surface area contributed by atoms with Crippen LogP contribution < -0.4 is 10.1 Å². The van der Waals surface area contributed by atoms with Gasteiger partial charge in [0.25, 0.3) is 0 Å². The van der Waals surface area contributed by atoms with Crippen LogP contribution in [0.25, 0.3) is 22.4 Å². The van der Waals surface area contributed by atoms with Gasteiger partial charge in [-0.05, 0) is 13.0 Å². The number of fused-ring (bicyclic) bond motifs is 1. The summed E-state index contributed by atoms with van der Waals surface area (Å²) >= 11 is 0. The number of aromatic nitrogens is 3. The van der Waals surface area contributed by atoms with Crippen LogP contribution in [0.4, 0.5) is 10.2 Å². The maximum Gasteiger partial charge on any atom is 0.222 e. The van der Waals surface area contributed by atoms with Gasteiger partial charge in [-0.15, -0.1) is 0 Å². The molecule has 3 aromatic rings. The SMILES string of the molecule is COc1cc(-c2nc3cc(NC(C)=O)ncc3n2C2(C)COC2)c(F)c(O)c1O. The zero-order valence-electron chi connectivity index (χ0n) is 16.0. The maximum atomic E-state index is 14.9. The van der Waals surface area contributed by atoms with Crippen molar-refractivity contribution < 1.29 is 28.9 Å². The smallest absolute Gasteiger partial charge is 0.222 e. The summed E-state index contributed by atoms with van der Waals surface area (Å²) in [6, 6.07) is 2.85. The van der Waals surface area contributed by atoms with Gasteiger partial charge in [0, 0.05) is 13.0 Å². The summed E-state index contributed by atoms with van der Waals surface area (Å²) in [7, 11) is 1.30. The molecular weight excluding hydrogens is 383 g/mol. The van der Waals surface area contributed by atoms with Gasteiger partial charge in [-0.1, -0.05) is 0 Å². The van der Waals surface area contributed by atoms with Crippen LogP contribution in [0.5, 0.6) is 17.2 Å². The van der Waals surface area contributed by atoms with E-state index < -0.39 is 22.9 Å². The lowest BCUT2D eigenvalue weighted by Crippen LogP contribution is -2.49. The van der Waals surface area contributed by atoms with Crippen LogP contribution >= 0.6 is 0 Å². The number of phenolic OH excluding ortho intramolecular Hbond substituents is 2. The number of halogens is 1. The largest absolute Gasteiger partial charge is 0.502 e. The number of anilines is 1. The third-order valence-corrected chi connectivity index (χ3v) is 4.85. The predicted molar refractivity (Wildman–Crippen MR) is 102 cm³/mol. The van der Waals surface area contributed by atoms with Crippen LogP contribution in [0.3, 0.4) is 0 Å². The Bertz CT molecular complexity index is 1140. The van der Waals surface area contributed by atoms with E-state index >= 15 is 0 Å². The molecule has 1 fully saturated rings. The molecule has 0 unspecified atom stereocenters. The highest BCUT2D eigenvalue weighted by molar-refractivity contribution is 5.90. The Kier molecular flexibility index (Phi) is 4.30. The van der Waals surface area contributed by atoms with Crippen molar-refractivity contribution in [1.29, 1.82) is 0 Å². The number of phenols is 2. The van der Waals surface area contributed by atoms with E-state index in [1.165, 1.54) is 26.3 Å². The maximum absolute atomic E-state index is 14.9. The molecule has 1 aromatic carbocycles. The Morgan fingerprint density at radius 1 is 1.34 bits per heavy atom. The van der Waals surface area contributed by atoms with Crippen LogP contribution in [0.1, 0.15) is 13.8 Å². The van der Waals surface area contributed by atoms with Crippen LogP contribution in [0, 0.1) is 5.82 Å². The fourth-order valence-electron chi connectivity index (χ4n) is 3.41. The van der Waals surface area contributed by atoms with Crippen molar-refractivity contribution in [3.63, 3.8) is 0 Å². The molecule has 0 aliphatic carbocycles. The second kappa shape index (κ2) is 6.59. The molecule has 2 aromatic heterocycles. The van der Waals surface area contributed by atoms with Crippen molar-refractivity contribution in [2.24, 2.45) is 0 Å². The molecule has 152 valence electrons. The van der Waals surface area contributed by atoms with Crippen molar-refractivity contribution in [1.82, 2.24) is 14.5 Å². The van der Waals surface area contributed by atoms with Gasteiger partial charge in [0.2, 0.25) is 11.7 Å². The van der Waals surface area contributed by atoms with Crippen LogP contribution in [-0.2, 0) is 15.1 Å². The topological polar surface area (TPSA) is 119 Å². The molecule has 4 rings (SSSR count). The monoisotopic (exact) mass is 402 g/mol. The van der Waals surface area contributed by atoms with E-state index in [4.69, 9.17) is 9.47 Å². The Balaban J connectivity index is 2.00. The molecular formula is C19H19FN4O5. The highest BCUT2D eigenvalue weighted by atomic mass is 19.1. The Labute approximate surface area is 164 Å². The average Bonchev–Trinajstić information content (AvgIpc) is 3.02. The third kappa shape index (κ3) is 2.92. The minimum Gasteiger partial charge on any atom is -0.502 e. The van der Waals surface area contributed by atoms with E-state index in [-0.39, 0.29) is 23.0 Å². The standard InChI is InChI=1S/C19H19FN4O5/c1-9(25)22-14-5-11-12(6-21-14)24(19(2)7-29-8-19)18(23-11)10-4-13(28-3)16(26)17(27)15(10)20/h4-6,26-27H,7-8H2,1-3H3,(H,21,22,25). The van der Waals surface area contributed by atoms with Crippen LogP contribution in [-0.4, -0.2) is 51.0 Å². The summed E-state index contributed by atoms with van der Waals surface area (Å²) in [6.45, 7) is 4.05. The van der Waals surface area contributed by atoms with Gasteiger partial charge >= 0.3 is 0 Å². The quantitative estimate of drug-likeness (QED) is 0.573. The van der Waals surface area contributed by atoms with Gasteiger partial charge < -0.3 is 29.6 Å². The summed E-state index contributed by atoms with van der Waals surface area (Å²) in [4.78, 5) is 20.1. The number of hydrogen-bond acceptors (Lipinski definition) is 7. The lowest BCUT2D eigenvalue weighted by Gasteiger charge is -2.40. The summed E-state index contributed by atoms with van der Waals surface area (Å²) in [5, 5.41) is 22.5. The van der Waals surface area contributed by atoms with Crippen LogP contribution in [0.15, 0.2) is 18.3 Å². The molecule has 1 aliphatic rings. The average molecular weight is 402 g/mol. The Morgan fingerprint density at radius 2 is 2.07 bits per heavy atom. The lowest BCUT2D eigenvalue weighted by atomic mass is 9.99. The van der Waals surface area contributed by atoms with E-state index in [0.717, 1.165) is 0 Å².